The fraction of sp³-hybridized carbons (Fsp3) is 0.111. The fourth-order valence-electron chi connectivity index (χ4n) is 0.763. The third-order valence-electron chi connectivity index (χ3n) is 1.28. The van der Waals surface area contributed by atoms with Crippen molar-refractivity contribution in [1.29, 1.82) is 0 Å². The molecule has 1 rings (SSSR count). The van der Waals surface area contributed by atoms with E-state index in [1.165, 1.54) is 0 Å². The minimum absolute atomic E-state index is 0.276. The van der Waals surface area contributed by atoms with Crippen molar-refractivity contribution in [1.82, 2.24) is 0 Å². The van der Waals surface area contributed by atoms with Gasteiger partial charge in [0.2, 0.25) is 0 Å². The van der Waals surface area contributed by atoms with E-state index in [1.807, 2.05) is 0 Å². The average molecular weight is 254 g/mol. The normalized spacial score (nSPS) is 9.23. The van der Waals surface area contributed by atoms with Crippen molar-refractivity contribution in [3.05, 3.63) is 32.8 Å². The molecule has 1 aromatic carbocycles. The summed E-state index contributed by atoms with van der Waals surface area (Å²) < 4.78 is 0. The Balaban J connectivity index is 3.13. The highest BCUT2D eigenvalue weighted by Gasteiger charge is 2.03. The summed E-state index contributed by atoms with van der Waals surface area (Å²) in [5.74, 6) is 5.76. The van der Waals surface area contributed by atoms with Gasteiger partial charge in [-0.3, -0.25) is 0 Å². The molecule has 0 saturated heterocycles. The van der Waals surface area contributed by atoms with E-state index in [2.05, 4.69) is 11.8 Å². The first-order valence-electron chi connectivity index (χ1n) is 3.34. The van der Waals surface area contributed by atoms with E-state index in [-0.39, 0.29) is 5.88 Å². The second kappa shape index (κ2) is 4.98. The molecular weight excluding hydrogens is 250 g/mol. The summed E-state index contributed by atoms with van der Waals surface area (Å²) in [5, 5.41) is 1.14. The first kappa shape index (κ1) is 11.0. The summed E-state index contributed by atoms with van der Waals surface area (Å²) in [7, 11) is 0. The summed E-state index contributed by atoms with van der Waals surface area (Å²) in [5.41, 5.74) is 0.708. The van der Waals surface area contributed by atoms with Crippen LogP contribution in [0.3, 0.4) is 0 Å². The van der Waals surface area contributed by atoms with Crippen LogP contribution < -0.4 is 0 Å². The van der Waals surface area contributed by atoms with Crippen molar-refractivity contribution in [2.24, 2.45) is 0 Å². The smallest absolute Gasteiger partial charge is 0.0839 e. The highest BCUT2D eigenvalue weighted by Crippen LogP contribution is 2.30. The molecule has 0 aromatic heterocycles. The number of hydrogen-bond acceptors (Lipinski definition) is 0. The molecule has 13 heavy (non-hydrogen) atoms. The number of halogens is 4. The lowest BCUT2D eigenvalue weighted by Gasteiger charge is -1.99. The molecule has 0 spiro atoms. The van der Waals surface area contributed by atoms with Gasteiger partial charge in [-0.05, 0) is 12.1 Å². The van der Waals surface area contributed by atoms with E-state index in [1.54, 1.807) is 12.1 Å². The summed E-state index contributed by atoms with van der Waals surface area (Å²) in [4.78, 5) is 0. The molecule has 0 aliphatic carbocycles. The molecule has 0 fully saturated rings. The van der Waals surface area contributed by atoms with Crippen LogP contribution in [-0.4, -0.2) is 5.88 Å². The van der Waals surface area contributed by atoms with Gasteiger partial charge in [0, 0.05) is 5.56 Å². The van der Waals surface area contributed by atoms with Gasteiger partial charge in [-0.25, -0.2) is 0 Å². The molecule has 0 heterocycles. The van der Waals surface area contributed by atoms with Gasteiger partial charge in [-0.1, -0.05) is 46.6 Å². The molecule has 1 aromatic rings. The number of rotatable bonds is 0. The predicted octanol–water partition coefficient (Wildman–Crippen LogP) is 4.24. The van der Waals surface area contributed by atoms with Crippen LogP contribution in [0.15, 0.2) is 12.1 Å². The molecule has 0 aliphatic heterocycles. The summed E-state index contributed by atoms with van der Waals surface area (Å²) in [6.45, 7) is 0. The van der Waals surface area contributed by atoms with Crippen molar-refractivity contribution in [2.45, 2.75) is 0 Å². The molecule has 68 valence electrons. The molecule has 4 heteroatoms. The Hall–Kier alpha value is -0.0600. The van der Waals surface area contributed by atoms with Crippen LogP contribution in [0, 0.1) is 11.8 Å². The number of alkyl halides is 1. The minimum atomic E-state index is 0.276. The molecule has 0 bridgehead atoms. The Kier molecular flexibility index (Phi) is 4.22. The zero-order valence-corrected chi connectivity index (χ0v) is 9.40. The van der Waals surface area contributed by atoms with Gasteiger partial charge >= 0.3 is 0 Å². The molecule has 0 aliphatic rings. The molecule has 0 atom stereocenters. The molecule has 0 nitrogen and oxygen atoms in total. The Morgan fingerprint density at radius 3 is 2.08 bits per heavy atom. The van der Waals surface area contributed by atoms with E-state index in [0.717, 1.165) is 0 Å². The lowest BCUT2D eigenvalue weighted by molar-refractivity contribution is 1.64. The summed E-state index contributed by atoms with van der Waals surface area (Å²) in [6.07, 6.45) is 0. The molecule has 0 radical (unpaired) electrons. The van der Waals surface area contributed by atoms with E-state index < -0.39 is 0 Å². The molecule has 0 unspecified atom stereocenters. The average Bonchev–Trinajstić information content (AvgIpc) is 2.10. The Morgan fingerprint density at radius 2 is 1.62 bits per heavy atom. The standard InChI is InChI=1S/C9H4Cl4/c10-3-1-2-6-4-7(11)9(13)8(12)5-6/h4-5H,3H2. The summed E-state index contributed by atoms with van der Waals surface area (Å²) >= 11 is 22.7. The van der Waals surface area contributed by atoms with Gasteiger partial charge in [0.25, 0.3) is 0 Å². The number of hydrogen-bond donors (Lipinski definition) is 0. The zero-order valence-electron chi connectivity index (χ0n) is 6.37. The Morgan fingerprint density at radius 1 is 1.08 bits per heavy atom. The SMILES string of the molecule is ClCC#Cc1cc(Cl)c(Cl)c(Cl)c1. The van der Waals surface area contributed by atoms with E-state index in [9.17, 15) is 0 Å². The Labute approximate surface area is 96.7 Å². The van der Waals surface area contributed by atoms with Crippen LogP contribution in [0.4, 0.5) is 0 Å². The molecule has 0 saturated carbocycles. The van der Waals surface area contributed by atoms with Gasteiger partial charge in [0.05, 0.1) is 20.9 Å². The van der Waals surface area contributed by atoms with Crippen molar-refractivity contribution in [3.8, 4) is 11.8 Å². The largest absolute Gasteiger partial charge is 0.113 e. The lowest BCUT2D eigenvalue weighted by Crippen LogP contribution is -1.78. The molecule has 0 amide bonds. The topological polar surface area (TPSA) is 0 Å². The van der Waals surface area contributed by atoms with Crippen LogP contribution >= 0.6 is 46.4 Å². The van der Waals surface area contributed by atoms with Crippen molar-refractivity contribution < 1.29 is 0 Å². The van der Waals surface area contributed by atoms with Gasteiger partial charge in [-0.15, -0.1) is 11.6 Å². The van der Waals surface area contributed by atoms with Crippen LogP contribution in [0.25, 0.3) is 0 Å². The predicted molar refractivity (Wildman–Crippen MR) is 59.1 cm³/mol. The van der Waals surface area contributed by atoms with Crippen LogP contribution in [0.1, 0.15) is 5.56 Å². The fourth-order valence-corrected chi connectivity index (χ4v) is 1.43. The van der Waals surface area contributed by atoms with E-state index >= 15 is 0 Å². The van der Waals surface area contributed by atoms with Gasteiger partial charge < -0.3 is 0 Å². The van der Waals surface area contributed by atoms with Crippen molar-refractivity contribution in [2.75, 3.05) is 5.88 Å². The van der Waals surface area contributed by atoms with Crippen LogP contribution in [0.2, 0.25) is 15.1 Å². The minimum Gasteiger partial charge on any atom is -0.113 e. The highest BCUT2D eigenvalue weighted by atomic mass is 35.5. The van der Waals surface area contributed by atoms with Gasteiger partial charge in [0.15, 0.2) is 0 Å². The first-order chi connectivity index (χ1) is 6.15. The molecule has 0 N–H and O–H groups in total. The summed E-state index contributed by atoms with van der Waals surface area (Å²) in [6, 6.07) is 3.30. The Bertz CT molecular complexity index is 350. The maximum Gasteiger partial charge on any atom is 0.0839 e. The second-order valence-corrected chi connectivity index (χ2v) is 3.65. The van der Waals surface area contributed by atoms with Gasteiger partial charge in [-0.2, -0.15) is 0 Å². The van der Waals surface area contributed by atoms with Crippen molar-refractivity contribution in [3.63, 3.8) is 0 Å². The quantitative estimate of drug-likeness (QED) is 0.369. The van der Waals surface area contributed by atoms with Crippen LogP contribution in [-0.2, 0) is 0 Å². The highest BCUT2D eigenvalue weighted by molar-refractivity contribution is 6.48. The maximum absolute atomic E-state index is 5.78. The van der Waals surface area contributed by atoms with Crippen molar-refractivity contribution >= 4 is 46.4 Å². The van der Waals surface area contributed by atoms with E-state index in [0.29, 0.717) is 20.6 Å². The third kappa shape index (κ3) is 2.97. The number of benzene rings is 1. The monoisotopic (exact) mass is 252 g/mol. The van der Waals surface area contributed by atoms with E-state index in [4.69, 9.17) is 46.4 Å². The molecular formula is C9H4Cl4. The third-order valence-corrected chi connectivity index (χ3v) is 2.61. The lowest BCUT2D eigenvalue weighted by atomic mass is 10.2. The first-order valence-corrected chi connectivity index (χ1v) is 5.01. The van der Waals surface area contributed by atoms with Crippen LogP contribution in [0.5, 0.6) is 0 Å². The van der Waals surface area contributed by atoms with Gasteiger partial charge in [0.1, 0.15) is 0 Å². The second-order valence-electron chi connectivity index (χ2n) is 2.19. The maximum atomic E-state index is 5.78. The zero-order chi connectivity index (χ0) is 9.84.